The van der Waals surface area contributed by atoms with Crippen LogP contribution in [-0.4, -0.2) is 17.5 Å². The van der Waals surface area contributed by atoms with Gasteiger partial charge in [0.05, 0.1) is 6.61 Å². The molecule has 4 nitrogen and oxygen atoms in total. The SMILES string of the molecule is Cc1cnc(NC(=O)CCCOc2ccc(C)c(C)c2)s1. The summed E-state index contributed by atoms with van der Waals surface area (Å²) in [5.74, 6) is 0.835. The Kier molecular flexibility index (Phi) is 5.33. The molecule has 0 saturated heterocycles. The molecule has 0 bridgehead atoms. The van der Waals surface area contributed by atoms with Crippen molar-refractivity contribution >= 4 is 22.4 Å². The summed E-state index contributed by atoms with van der Waals surface area (Å²) in [5.41, 5.74) is 2.46. The fourth-order valence-electron chi connectivity index (χ4n) is 1.82. The van der Waals surface area contributed by atoms with Crippen molar-refractivity contribution in [3.63, 3.8) is 0 Å². The molecule has 2 rings (SSSR count). The summed E-state index contributed by atoms with van der Waals surface area (Å²) in [6.45, 7) is 6.63. The second-order valence-corrected chi connectivity index (χ2v) is 6.26. The molecule has 1 aromatic heterocycles. The topological polar surface area (TPSA) is 51.2 Å². The Bertz CT molecular complexity index is 622. The minimum absolute atomic E-state index is 0.0203. The van der Waals surface area contributed by atoms with E-state index in [9.17, 15) is 4.79 Å². The predicted molar refractivity (Wildman–Crippen MR) is 86.1 cm³/mol. The zero-order valence-corrected chi connectivity index (χ0v) is 13.4. The Morgan fingerprint density at radius 2 is 2.10 bits per heavy atom. The number of carbonyl (C=O) groups is 1. The molecule has 112 valence electrons. The molecule has 21 heavy (non-hydrogen) atoms. The summed E-state index contributed by atoms with van der Waals surface area (Å²) in [4.78, 5) is 16.9. The van der Waals surface area contributed by atoms with E-state index in [-0.39, 0.29) is 5.91 Å². The summed E-state index contributed by atoms with van der Waals surface area (Å²) < 4.78 is 5.65. The molecule has 0 aliphatic carbocycles. The number of nitrogens with one attached hydrogen (secondary N) is 1. The average Bonchev–Trinajstić information content (AvgIpc) is 2.84. The second-order valence-electron chi connectivity index (χ2n) is 5.02. The fraction of sp³-hybridized carbons (Fsp3) is 0.375. The fourth-order valence-corrected chi connectivity index (χ4v) is 2.50. The molecular weight excluding hydrogens is 284 g/mol. The van der Waals surface area contributed by atoms with Gasteiger partial charge in [0.1, 0.15) is 5.75 Å². The molecule has 2 aromatic rings. The molecule has 1 heterocycles. The lowest BCUT2D eigenvalue weighted by atomic mass is 10.1. The highest BCUT2D eigenvalue weighted by Gasteiger charge is 2.05. The second kappa shape index (κ2) is 7.22. The van der Waals surface area contributed by atoms with Crippen molar-refractivity contribution in [2.24, 2.45) is 0 Å². The zero-order valence-electron chi connectivity index (χ0n) is 12.6. The van der Waals surface area contributed by atoms with Crippen molar-refractivity contribution in [2.75, 3.05) is 11.9 Å². The quantitative estimate of drug-likeness (QED) is 0.824. The van der Waals surface area contributed by atoms with Crippen LogP contribution in [0.5, 0.6) is 5.75 Å². The number of ether oxygens (including phenoxy) is 1. The molecule has 0 saturated carbocycles. The Labute approximate surface area is 129 Å². The molecule has 5 heteroatoms. The molecule has 1 N–H and O–H groups in total. The van der Waals surface area contributed by atoms with Crippen LogP contribution in [0.15, 0.2) is 24.4 Å². The van der Waals surface area contributed by atoms with Gasteiger partial charge in [-0.15, -0.1) is 11.3 Å². The molecule has 1 aromatic carbocycles. The van der Waals surface area contributed by atoms with Crippen molar-refractivity contribution in [1.82, 2.24) is 4.98 Å². The first-order valence-corrected chi connectivity index (χ1v) is 7.78. The Morgan fingerprint density at radius 3 is 2.76 bits per heavy atom. The van der Waals surface area contributed by atoms with E-state index < -0.39 is 0 Å². The molecule has 0 unspecified atom stereocenters. The van der Waals surface area contributed by atoms with E-state index in [0.29, 0.717) is 24.6 Å². The molecule has 0 atom stereocenters. The molecule has 1 amide bonds. The number of hydrogen-bond donors (Lipinski definition) is 1. The number of benzene rings is 1. The highest BCUT2D eigenvalue weighted by molar-refractivity contribution is 7.15. The molecule has 0 aliphatic rings. The summed E-state index contributed by atoms with van der Waals surface area (Å²) in [6, 6.07) is 6.02. The normalized spacial score (nSPS) is 10.4. The van der Waals surface area contributed by atoms with Crippen molar-refractivity contribution in [3.05, 3.63) is 40.4 Å². The number of anilines is 1. The van der Waals surface area contributed by atoms with E-state index in [0.717, 1.165) is 10.6 Å². The number of aromatic nitrogens is 1. The van der Waals surface area contributed by atoms with Gasteiger partial charge in [0, 0.05) is 17.5 Å². The Morgan fingerprint density at radius 1 is 1.29 bits per heavy atom. The number of carbonyl (C=O) groups excluding carboxylic acids is 1. The highest BCUT2D eigenvalue weighted by Crippen LogP contribution is 2.18. The maximum absolute atomic E-state index is 11.7. The lowest BCUT2D eigenvalue weighted by molar-refractivity contribution is -0.116. The van der Waals surface area contributed by atoms with E-state index in [4.69, 9.17) is 4.74 Å². The van der Waals surface area contributed by atoms with Gasteiger partial charge in [-0.05, 0) is 50.5 Å². The third-order valence-electron chi connectivity index (χ3n) is 3.16. The van der Waals surface area contributed by atoms with E-state index in [2.05, 4.69) is 24.1 Å². The minimum Gasteiger partial charge on any atom is -0.494 e. The van der Waals surface area contributed by atoms with E-state index in [1.165, 1.54) is 22.5 Å². The average molecular weight is 304 g/mol. The van der Waals surface area contributed by atoms with E-state index in [1.807, 2.05) is 25.1 Å². The number of rotatable bonds is 6. The zero-order chi connectivity index (χ0) is 15.2. The van der Waals surface area contributed by atoms with Crippen LogP contribution in [0.2, 0.25) is 0 Å². The van der Waals surface area contributed by atoms with Gasteiger partial charge < -0.3 is 10.1 Å². The van der Waals surface area contributed by atoms with Gasteiger partial charge >= 0.3 is 0 Å². The van der Waals surface area contributed by atoms with Gasteiger partial charge in [-0.2, -0.15) is 0 Å². The van der Waals surface area contributed by atoms with Crippen LogP contribution < -0.4 is 10.1 Å². The summed E-state index contributed by atoms with van der Waals surface area (Å²) in [6.07, 6.45) is 2.87. The number of aryl methyl sites for hydroxylation is 3. The van der Waals surface area contributed by atoms with Crippen LogP contribution in [0.3, 0.4) is 0 Å². The van der Waals surface area contributed by atoms with Gasteiger partial charge in [0.15, 0.2) is 5.13 Å². The van der Waals surface area contributed by atoms with Crippen LogP contribution in [0.1, 0.15) is 28.8 Å². The first-order valence-electron chi connectivity index (χ1n) is 6.97. The number of hydrogen-bond acceptors (Lipinski definition) is 4. The molecule has 0 aliphatic heterocycles. The van der Waals surface area contributed by atoms with Crippen LogP contribution in [0, 0.1) is 20.8 Å². The van der Waals surface area contributed by atoms with Gasteiger partial charge in [0.2, 0.25) is 5.91 Å². The smallest absolute Gasteiger partial charge is 0.226 e. The summed E-state index contributed by atoms with van der Waals surface area (Å²) in [5, 5.41) is 3.45. The van der Waals surface area contributed by atoms with Gasteiger partial charge in [-0.1, -0.05) is 6.07 Å². The lowest BCUT2D eigenvalue weighted by Crippen LogP contribution is -2.12. The van der Waals surface area contributed by atoms with Crippen molar-refractivity contribution in [2.45, 2.75) is 33.6 Å². The van der Waals surface area contributed by atoms with E-state index in [1.54, 1.807) is 6.20 Å². The maximum atomic E-state index is 11.7. The van der Waals surface area contributed by atoms with Crippen LogP contribution in [-0.2, 0) is 4.79 Å². The molecule has 0 spiro atoms. The number of thiazole rings is 1. The van der Waals surface area contributed by atoms with Gasteiger partial charge in [-0.25, -0.2) is 4.98 Å². The maximum Gasteiger partial charge on any atom is 0.226 e. The molecule has 0 fully saturated rings. The Balaban J connectivity index is 1.69. The van der Waals surface area contributed by atoms with Gasteiger partial charge in [0.25, 0.3) is 0 Å². The highest BCUT2D eigenvalue weighted by atomic mass is 32.1. The molecular formula is C16H20N2O2S. The first-order chi connectivity index (χ1) is 10.0. The number of amides is 1. The standard InChI is InChI=1S/C16H20N2O2S/c1-11-6-7-14(9-12(11)2)20-8-4-5-15(19)18-16-17-10-13(3)21-16/h6-7,9-10H,4-5,8H2,1-3H3,(H,17,18,19). The largest absolute Gasteiger partial charge is 0.494 e. The Hall–Kier alpha value is -1.88. The van der Waals surface area contributed by atoms with Crippen LogP contribution in [0.4, 0.5) is 5.13 Å². The summed E-state index contributed by atoms with van der Waals surface area (Å²) in [7, 11) is 0. The first kappa shape index (κ1) is 15.5. The minimum atomic E-state index is -0.0203. The third kappa shape index (κ3) is 4.86. The van der Waals surface area contributed by atoms with E-state index >= 15 is 0 Å². The van der Waals surface area contributed by atoms with Gasteiger partial charge in [-0.3, -0.25) is 4.79 Å². The van der Waals surface area contributed by atoms with Crippen molar-refractivity contribution in [3.8, 4) is 5.75 Å². The predicted octanol–water partition coefficient (Wildman–Crippen LogP) is 3.87. The monoisotopic (exact) mass is 304 g/mol. The van der Waals surface area contributed by atoms with Crippen LogP contribution >= 0.6 is 11.3 Å². The molecule has 0 radical (unpaired) electrons. The van der Waals surface area contributed by atoms with Crippen molar-refractivity contribution < 1.29 is 9.53 Å². The number of nitrogens with zero attached hydrogens (tertiary/aromatic N) is 1. The van der Waals surface area contributed by atoms with Crippen molar-refractivity contribution in [1.29, 1.82) is 0 Å². The van der Waals surface area contributed by atoms with Crippen LogP contribution in [0.25, 0.3) is 0 Å². The third-order valence-corrected chi connectivity index (χ3v) is 3.99. The summed E-state index contributed by atoms with van der Waals surface area (Å²) >= 11 is 1.48. The lowest BCUT2D eigenvalue weighted by Gasteiger charge is -2.08.